The number of hydrogen-bond donors (Lipinski definition) is 1. The quantitative estimate of drug-likeness (QED) is 0.841. The Labute approximate surface area is 96.7 Å². The molecule has 3 nitrogen and oxygen atoms in total. The second-order valence-electron chi connectivity index (χ2n) is 5.14. The molecule has 16 heavy (non-hydrogen) atoms. The van der Waals surface area contributed by atoms with Crippen LogP contribution in [0.25, 0.3) is 0 Å². The first kappa shape index (κ1) is 10.2. The molecule has 3 rings (SSSR count). The summed E-state index contributed by atoms with van der Waals surface area (Å²) in [5, 5.41) is 3.51. The van der Waals surface area contributed by atoms with Gasteiger partial charge in [0.05, 0.1) is 5.69 Å². The van der Waals surface area contributed by atoms with Gasteiger partial charge in [0.1, 0.15) is 5.82 Å². The van der Waals surface area contributed by atoms with E-state index < -0.39 is 0 Å². The molecule has 2 fully saturated rings. The van der Waals surface area contributed by atoms with Crippen molar-refractivity contribution in [2.24, 2.45) is 0 Å². The van der Waals surface area contributed by atoms with Gasteiger partial charge in [0.25, 0.3) is 0 Å². The lowest BCUT2D eigenvalue weighted by Gasteiger charge is -2.24. The fourth-order valence-corrected chi connectivity index (χ4v) is 2.13. The summed E-state index contributed by atoms with van der Waals surface area (Å²) >= 11 is 0. The number of aromatic nitrogens is 2. The summed E-state index contributed by atoms with van der Waals surface area (Å²) in [6.45, 7) is 2.98. The third-order valence-corrected chi connectivity index (χ3v) is 3.54. The summed E-state index contributed by atoms with van der Waals surface area (Å²) in [5.74, 6) is 1.72. The zero-order valence-corrected chi connectivity index (χ0v) is 9.87. The number of nitrogens with zero attached hydrogens (tertiary/aromatic N) is 2. The van der Waals surface area contributed by atoms with Crippen LogP contribution in [0.5, 0.6) is 0 Å². The fraction of sp³-hybridized carbons (Fsp3) is 0.692. The lowest BCUT2D eigenvalue weighted by Crippen LogP contribution is -2.19. The smallest absolute Gasteiger partial charge is 0.131 e. The van der Waals surface area contributed by atoms with Gasteiger partial charge in [-0.3, -0.25) is 0 Å². The van der Waals surface area contributed by atoms with Crippen LogP contribution in [0.15, 0.2) is 6.07 Å². The second-order valence-corrected chi connectivity index (χ2v) is 5.14. The van der Waals surface area contributed by atoms with Crippen LogP contribution >= 0.6 is 0 Å². The first-order valence-corrected chi connectivity index (χ1v) is 6.39. The van der Waals surface area contributed by atoms with E-state index in [1.165, 1.54) is 37.8 Å². The molecule has 2 saturated carbocycles. The Bertz CT molecular complexity index is 381. The van der Waals surface area contributed by atoms with Crippen LogP contribution in [0.3, 0.4) is 0 Å². The summed E-state index contributed by atoms with van der Waals surface area (Å²) in [6.07, 6.45) is 6.56. The van der Waals surface area contributed by atoms with Gasteiger partial charge >= 0.3 is 0 Å². The minimum atomic E-state index is 0.638. The fourth-order valence-electron chi connectivity index (χ4n) is 2.13. The standard InChI is InChI=1S/C13H19N3/c1-9-7-12(8-14-11-5-6-11)16-13(15-9)10-3-2-4-10/h7,10-11,14H,2-6,8H2,1H3. The highest BCUT2D eigenvalue weighted by Gasteiger charge is 2.23. The predicted molar refractivity (Wildman–Crippen MR) is 63.2 cm³/mol. The largest absolute Gasteiger partial charge is 0.308 e. The molecule has 0 saturated heterocycles. The molecule has 0 spiro atoms. The van der Waals surface area contributed by atoms with Gasteiger partial charge in [-0.15, -0.1) is 0 Å². The lowest BCUT2D eigenvalue weighted by molar-refractivity contribution is 0.399. The van der Waals surface area contributed by atoms with Gasteiger partial charge in [-0.1, -0.05) is 6.42 Å². The van der Waals surface area contributed by atoms with Crippen molar-refractivity contribution in [2.45, 2.75) is 57.5 Å². The molecule has 1 N–H and O–H groups in total. The first-order chi connectivity index (χ1) is 7.81. The normalized spacial score (nSPS) is 20.8. The zero-order valence-electron chi connectivity index (χ0n) is 9.87. The summed E-state index contributed by atoms with van der Waals surface area (Å²) < 4.78 is 0. The molecule has 1 heterocycles. The van der Waals surface area contributed by atoms with Gasteiger partial charge in [-0.25, -0.2) is 9.97 Å². The van der Waals surface area contributed by atoms with Gasteiger partial charge < -0.3 is 5.32 Å². The Morgan fingerprint density at radius 3 is 2.69 bits per heavy atom. The van der Waals surface area contributed by atoms with Gasteiger partial charge in [0.15, 0.2) is 0 Å². The highest BCUT2D eigenvalue weighted by atomic mass is 15.0. The van der Waals surface area contributed by atoms with Crippen LogP contribution in [0.4, 0.5) is 0 Å². The molecule has 86 valence electrons. The molecule has 0 aromatic carbocycles. The van der Waals surface area contributed by atoms with E-state index in [1.807, 2.05) is 0 Å². The van der Waals surface area contributed by atoms with Crippen molar-refractivity contribution in [2.75, 3.05) is 0 Å². The molecular formula is C13H19N3. The lowest BCUT2D eigenvalue weighted by atomic mass is 9.85. The predicted octanol–water partition coefficient (Wildman–Crippen LogP) is 2.30. The molecule has 0 radical (unpaired) electrons. The van der Waals surface area contributed by atoms with Gasteiger partial charge in [-0.2, -0.15) is 0 Å². The summed E-state index contributed by atoms with van der Waals surface area (Å²) in [5.41, 5.74) is 2.28. The van der Waals surface area contributed by atoms with Crippen LogP contribution in [0.1, 0.15) is 55.2 Å². The Morgan fingerprint density at radius 1 is 1.25 bits per heavy atom. The van der Waals surface area contributed by atoms with Crippen LogP contribution in [-0.2, 0) is 6.54 Å². The highest BCUT2D eigenvalue weighted by molar-refractivity contribution is 5.13. The van der Waals surface area contributed by atoms with Crippen LogP contribution in [0.2, 0.25) is 0 Å². The molecule has 0 bridgehead atoms. The molecule has 2 aliphatic carbocycles. The van der Waals surface area contributed by atoms with E-state index in [-0.39, 0.29) is 0 Å². The van der Waals surface area contributed by atoms with E-state index in [2.05, 4.69) is 28.3 Å². The van der Waals surface area contributed by atoms with E-state index in [0.717, 1.165) is 24.1 Å². The molecule has 0 atom stereocenters. The molecule has 0 unspecified atom stereocenters. The van der Waals surface area contributed by atoms with Crippen LogP contribution < -0.4 is 5.32 Å². The van der Waals surface area contributed by atoms with Crippen molar-refractivity contribution in [1.29, 1.82) is 0 Å². The number of nitrogens with one attached hydrogen (secondary N) is 1. The maximum atomic E-state index is 4.68. The van der Waals surface area contributed by atoms with Crippen molar-refractivity contribution in [3.8, 4) is 0 Å². The third kappa shape index (κ3) is 2.24. The Morgan fingerprint density at radius 2 is 2.06 bits per heavy atom. The topological polar surface area (TPSA) is 37.8 Å². The molecule has 0 aliphatic heterocycles. The Balaban J connectivity index is 1.72. The molecule has 1 aromatic rings. The van der Waals surface area contributed by atoms with E-state index in [1.54, 1.807) is 0 Å². The number of aryl methyl sites for hydroxylation is 1. The van der Waals surface area contributed by atoms with Crippen molar-refractivity contribution in [3.05, 3.63) is 23.3 Å². The third-order valence-electron chi connectivity index (χ3n) is 3.54. The maximum Gasteiger partial charge on any atom is 0.131 e. The molecule has 0 amide bonds. The number of rotatable bonds is 4. The second kappa shape index (κ2) is 4.13. The van der Waals surface area contributed by atoms with E-state index in [0.29, 0.717) is 5.92 Å². The first-order valence-electron chi connectivity index (χ1n) is 6.39. The van der Waals surface area contributed by atoms with Gasteiger partial charge in [0.2, 0.25) is 0 Å². The van der Waals surface area contributed by atoms with Crippen molar-refractivity contribution in [1.82, 2.24) is 15.3 Å². The van der Waals surface area contributed by atoms with Gasteiger partial charge in [0, 0.05) is 24.2 Å². The molecular weight excluding hydrogens is 198 g/mol. The average molecular weight is 217 g/mol. The minimum Gasteiger partial charge on any atom is -0.308 e. The molecule has 1 aromatic heterocycles. The molecule has 2 aliphatic rings. The zero-order chi connectivity index (χ0) is 11.0. The summed E-state index contributed by atoms with van der Waals surface area (Å²) in [4.78, 5) is 9.24. The minimum absolute atomic E-state index is 0.638. The van der Waals surface area contributed by atoms with Crippen LogP contribution in [0, 0.1) is 6.92 Å². The summed E-state index contributed by atoms with van der Waals surface area (Å²) in [6, 6.07) is 2.86. The van der Waals surface area contributed by atoms with Gasteiger partial charge in [-0.05, 0) is 38.7 Å². The van der Waals surface area contributed by atoms with Crippen LogP contribution in [-0.4, -0.2) is 16.0 Å². The SMILES string of the molecule is Cc1cc(CNC2CC2)nc(C2CCC2)n1. The van der Waals surface area contributed by atoms with Crippen molar-refractivity contribution < 1.29 is 0 Å². The van der Waals surface area contributed by atoms with E-state index in [9.17, 15) is 0 Å². The van der Waals surface area contributed by atoms with Crippen molar-refractivity contribution in [3.63, 3.8) is 0 Å². The Kier molecular flexibility index (Phi) is 2.64. The van der Waals surface area contributed by atoms with E-state index in [4.69, 9.17) is 0 Å². The number of hydrogen-bond acceptors (Lipinski definition) is 3. The van der Waals surface area contributed by atoms with E-state index >= 15 is 0 Å². The highest BCUT2D eigenvalue weighted by Crippen LogP contribution is 2.34. The molecule has 3 heteroatoms. The maximum absolute atomic E-state index is 4.68. The van der Waals surface area contributed by atoms with Crippen molar-refractivity contribution >= 4 is 0 Å². The Hall–Kier alpha value is -0.960. The average Bonchev–Trinajstić information content (AvgIpc) is 2.94. The summed E-state index contributed by atoms with van der Waals surface area (Å²) in [7, 11) is 0. The monoisotopic (exact) mass is 217 g/mol.